The first-order chi connectivity index (χ1) is 2.81. The van der Waals surface area contributed by atoms with Crippen LogP contribution in [0.1, 0.15) is 20.3 Å². The second kappa shape index (κ2) is 3.29. The number of hydrogen-bond donors (Lipinski definition) is 0. The van der Waals surface area contributed by atoms with Gasteiger partial charge in [0.15, 0.2) is 0 Å². The molecule has 0 nitrogen and oxygen atoms in total. The zero-order chi connectivity index (χ0) is 4.99. The van der Waals surface area contributed by atoms with E-state index in [1.807, 2.05) is 0 Å². The molecule has 0 aliphatic heterocycles. The van der Waals surface area contributed by atoms with Gasteiger partial charge in [0.2, 0.25) is 0 Å². The van der Waals surface area contributed by atoms with Gasteiger partial charge >= 0.3 is 0 Å². The molecule has 36 valence electrons. The molecule has 0 aliphatic carbocycles. The fourth-order valence-corrected chi connectivity index (χ4v) is 0.289. The molecule has 1 unspecified atom stereocenters. The summed E-state index contributed by atoms with van der Waals surface area (Å²) in [6, 6.07) is 0. The van der Waals surface area contributed by atoms with Gasteiger partial charge in [-0.05, 0) is 17.7 Å². The minimum absolute atomic E-state index is 0.625. The molecule has 6 heavy (non-hydrogen) atoms. The van der Waals surface area contributed by atoms with Crippen molar-refractivity contribution in [2.24, 2.45) is 5.92 Å². The molecule has 0 aliphatic rings. The third kappa shape index (κ3) is 2.33. The van der Waals surface area contributed by atoms with Crippen molar-refractivity contribution in [1.82, 2.24) is 0 Å². The molecule has 0 amide bonds. The van der Waals surface area contributed by atoms with E-state index < -0.39 is 0 Å². The lowest BCUT2D eigenvalue weighted by molar-refractivity contribution is 0.763. The summed E-state index contributed by atoms with van der Waals surface area (Å²) in [7, 11) is 0. The minimum Gasteiger partial charge on any atom is -0.0932 e. The highest BCUT2D eigenvalue weighted by molar-refractivity contribution is 7.79. The Morgan fingerprint density at radius 2 is 2.33 bits per heavy atom. The van der Waals surface area contributed by atoms with Crippen LogP contribution >= 0.6 is 12.2 Å². The molecule has 0 aromatic heterocycles. The van der Waals surface area contributed by atoms with Gasteiger partial charge in [-0.2, -0.15) is 0 Å². The summed E-state index contributed by atoms with van der Waals surface area (Å²) < 4.78 is 0. The highest BCUT2D eigenvalue weighted by Crippen LogP contribution is 1.93. The first kappa shape index (κ1) is 6.09. The molecule has 0 radical (unpaired) electrons. The summed E-state index contributed by atoms with van der Waals surface area (Å²) >= 11 is 4.65. The van der Waals surface area contributed by atoms with Crippen molar-refractivity contribution in [2.45, 2.75) is 20.3 Å². The molecule has 0 bridgehead atoms. The van der Waals surface area contributed by atoms with Gasteiger partial charge in [-0.25, -0.2) is 0 Å². The Balaban J connectivity index is 2.96. The van der Waals surface area contributed by atoms with Gasteiger partial charge in [-0.1, -0.05) is 26.1 Å². The smallest absolute Gasteiger partial charge is 0.0160 e. The standard InChI is InChI=1S/C5H10S/c1-3-5(2)4-6/h4-5H,3H2,1-2H3. The fraction of sp³-hybridized carbons (Fsp3) is 0.800. The zero-order valence-corrected chi connectivity index (χ0v) is 5.09. The van der Waals surface area contributed by atoms with Gasteiger partial charge in [-0.15, -0.1) is 0 Å². The van der Waals surface area contributed by atoms with Crippen LogP contribution in [0.4, 0.5) is 0 Å². The van der Waals surface area contributed by atoms with Crippen LogP contribution in [0.2, 0.25) is 0 Å². The lowest BCUT2D eigenvalue weighted by atomic mass is 10.2. The number of rotatable bonds is 2. The van der Waals surface area contributed by atoms with Crippen molar-refractivity contribution in [3.8, 4) is 0 Å². The van der Waals surface area contributed by atoms with Crippen molar-refractivity contribution in [3.63, 3.8) is 0 Å². The highest BCUT2D eigenvalue weighted by Gasteiger charge is 1.85. The van der Waals surface area contributed by atoms with Gasteiger partial charge in [0, 0.05) is 0 Å². The topological polar surface area (TPSA) is 0 Å². The van der Waals surface area contributed by atoms with E-state index in [1.165, 1.54) is 6.42 Å². The van der Waals surface area contributed by atoms with E-state index in [1.54, 1.807) is 5.37 Å². The average molecular weight is 102 g/mol. The third-order valence-corrected chi connectivity index (χ3v) is 1.34. The molecular weight excluding hydrogens is 92.1 g/mol. The van der Waals surface area contributed by atoms with E-state index >= 15 is 0 Å². The largest absolute Gasteiger partial charge is 0.0932 e. The first-order valence-electron chi connectivity index (χ1n) is 2.26. The summed E-state index contributed by atoms with van der Waals surface area (Å²) in [5.74, 6) is 0.625. The predicted molar refractivity (Wildman–Crippen MR) is 33.1 cm³/mol. The van der Waals surface area contributed by atoms with Crippen molar-refractivity contribution in [3.05, 3.63) is 0 Å². The van der Waals surface area contributed by atoms with E-state index in [0.717, 1.165) is 0 Å². The van der Waals surface area contributed by atoms with Gasteiger partial charge in [0.25, 0.3) is 0 Å². The fourth-order valence-electron chi connectivity index (χ4n) is 0.0962. The molecule has 1 atom stereocenters. The molecule has 0 N–H and O–H groups in total. The summed E-state index contributed by atoms with van der Waals surface area (Å²) in [4.78, 5) is 0. The zero-order valence-electron chi connectivity index (χ0n) is 4.27. The van der Waals surface area contributed by atoms with Crippen molar-refractivity contribution in [1.29, 1.82) is 0 Å². The molecular formula is C5H10S. The molecule has 0 heterocycles. The van der Waals surface area contributed by atoms with E-state index in [0.29, 0.717) is 5.92 Å². The maximum atomic E-state index is 4.65. The Bertz CT molecular complexity index is 41.2. The third-order valence-electron chi connectivity index (χ3n) is 0.876. The normalized spacial score (nSPS) is 13.7. The lowest BCUT2D eigenvalue weighted by Gasteiger charge is -1.92. The second-order valence-electron chi connectivity index (χ2n) is 1.52. The van der Waals surface area contributed by atoms with Crippen LogP contribution in [0.3, 0.4) is 0 Å². The minimum atomic E-state index is 0.625. The van der Waals surface area contributed by atoms with Crippen LogP contribution in [0.25, 0.3) is 0 Å². The van der Waals surface area contributed by atoms with E-state index in [2.05, 4.69) is 26.1 Å². The van der Waals surface area contributed by atoms with E-state index in [9.17, 15) is 0 Å². The Morgan fingerprint density at radius 1 is 1.83 bits per heavy atom. The van der Waals surface area contributed by atoms with Crippen LogP contribution in [0.5, 0.6) is 0 Å². The summed E-state index contributed by atoms with van der Waals surface area (Å²) in [5.41, 5.74) is 0. The average Bonchev–Trinajstić information content (AvgIpc) is 1.65. The monoisotopic (exact) mass is 102 g/mol. The Kier molecular flexibility index (Phi) is 3.34. The predicted octanol–water partition coefficient (Wildman–Crippen LogP) is 2.03. The van der Waals surface area contributed by atoms with Crippen LogP contribution < -0.4 is 0 Å². The van der Waals surface area contributed by atoms with Gasteiger partial charge in [0.1, 0.15) is 0 Å². The molecule has 0 aromatic rings. The maximum absolute atomic E-state index is 4.65. The van der Waals surface area contributed by atoms with E-state index in [-0.39, 0.29) is 0 Å². The summed E-state index contributed by atoms with van der Waals surface area (Å²) in [6.45, 7) is 4.25. The maximum Gasteiger partial charge on any atom is -0.0160 e. The Hall–Kier alpha value is 0.0900. The second-order valence-corrected chi connectivity index (χ2v) is 1.79. The number of thiocarbonyl (C=S) groups is 1. The van der Waals surface area contributed by atoms with Gasteiger partial charge in [0.05, 0.1) is 0 Å². The Labute approximate surface area is 44.6 Å². The molecule has 0 saturated heterocycles. The van der Waals surface area contributed by atoms with Crippen molar-refractivity contribution >= 4 is 17.6 Å². The Morgan fingerprint density at radius 3 is 2.33 bits per heavy atom. The lowest BCUT2D eigenvalue weighted by Crippen LogP contribution is -1.87. The summed E-state index contributed by atoms with van der Waals surface area (Å²) in [5, 5.41) is 1.81. The number of hydrogen-bond acceptors (Lipinski definition) is 1. The van der Waals surface area contributed by atoms with Crippen LogP contribution in [0.15, 0.2) is 0 Å². The van der Waals surface area contributed by atoms with Crippen molar-refractivity contribution in [2.75, 3.05) is 0 Å². The highest BCUT2D eigenvalue weighted by atomic mass is 32.1. The van der Waals surface area contributed by atoms with E-state index in [4.69, 9.17) is 0 Å². The molecule has 0 spiro atoms. The van der Waals surface area contributed by atoms with Crippen LogP contribution in [0, 0.1) is 5.92 Å². The van der Waals surface area contributed by atoms with Crippen LogP contribution in [-0.2, 0) is 0 Å². The molecule has 0 rings (SSSR count). The first-order valence-corrected chi connectivity index (χ1v) is 2.73. The quantitative estimate of drug-likeness (QED) is 0.481. The SMILES string of the molecule is CCC(C)C=S. The van der Waals surface area contributed by atoms with Crippen LogP contribution in [-0.4, -0.2) is 5.37 Å². The molecule has 0 aromatic carbocycles. The van der Waals surface area contributed by atoms with Gasteiger partial charge in [-0.3, -0.25) is 0 Å². The van der Waals surface area contributed by atoms with Crippen molar-refractivity contribution < 1.29 is 0 Å². The van der Waals surface area contributed by atoms with Gasteiger partial charge < -0.3 is 0 Å². The summed E-state index contributed by atoms with van der Waals surface area (Å²) in [6.07, 6.45) is 1.17. The molecule has 1 heteroatoms. The molecule has 0 fully saturated rings. The molecule has 0 saturated carbocycles.